The van der Waals surface area contributed by atoms with Gasteiger partial charge < -0.3 is 10.6 Å². The van der Waals surface area contributed by atoms with Crippen LogP contribution in [0.25, 0.3) is 0 Å². The van der Waals surface area contributed by atoms with Crippen LogP contribution in [0.3, 0.4) is 0 Å². The number of hydrogen-bond acceptors (Lipinski definition) is 2. The lowest BCUT2D eigenvalue weighted by atomic mass is 10.0. The van der Waals surface area contributed by atoms with Gasteiger partial charge in [-0.2, -0.15) is 13.2 Å². The molecule has 1 heterocycles. The molecule has 0 bridgehead atoms. The van der Waals surface area contributed by atoms with Crippen LogP contribution in [0.4, 0.5) is 18.9 Å². The normalized spacial score (nSPS) is 18.1. The Balaban J connectivity index is 1.92. The summed E-state index contributed by atoms with van der Waals surface area (Å²) in [6, 6.07) is 7.30. The highest BCUT2D eigenvalue weighted by atomic mass is 19.4. The highest BCUT2D eigenvalue weighted by molar-refractivity contribution is 5.88. The molecule has 0 saturated carbocycles. The maximum absolute atomic E-state index is 12.0. The van der Waals surface area contributed by atoms with Gasteiger partial charge in [-0.3, -0.25) is 4.79 Å². The number of alkyl halides is 3. The number of rotatable bonds is 3. The van der Waals surface area contributed by atoms with E-state index in [-0.39, 0.29) is 12.5 Å². The van der Waals surface area contributed by atoms with E-state index in [4.69, 9.17) is 0 Å². The first-order chi connectivity index (χ1) is 8.47. The summed E-state index contributed by atoms with van der Waals surface area (Å²) in [6.45, 7) is 0.0538. The Morgan fingerprint density at radius 1 is 1.39 bits per heavy atom. The van der Waals surface area contributed by atoms with Crippen molar-refractivity contribution < 1.29 is 18.0 Å². The zero-order valence-electron chi connectivity index (χ0n) is 9.55. The molecule has 1 aromatic carbocycles. The van der Waals surface area contributed by atoms with Gasteiger partial charge in [0.1, 0.15) is 0 Å². The molecule has 0 fully saturated rings. The third-order valence-electron chi connectivity index (χ3n) is 2.86. The van der Waals surface area contributed by atoms with Crippen LogP contribution in [-0.4, -0.2) is 25.2 Å². The van der Waals surface area contributed by atoms with E-state index < -0.39 is 18.5 Å². The summed E-state index contributed by atoms with van der Waals surface area (Å²) >= 11 is 0. The molecule has 1 atom stereocenters. The Labute approximate surface area is 102 Å². The van der Waals surface area contributed by atoms with E-state index in [9.17, 15) is 18.0 Å². The van der Waals surface area contributed by atoms with Gasteiger partial charge in [-0.25, -0.2) is 0 Å². The largest absolute Gasteiger partial charge is 0.390 e. The van der Waals surface area contributed by atoms with E-state index in [2.05, 4.69) is 10.6 Å². The topological polar surface area (TPSA) is 41.1 Å². The minimum absolute atomic E-state index is 0.364. The minimum Gasteiger partial charge on any atom is -0.384 e. The summed E-state index contributed by atoms with van der Waals surface area (Å²) in [5.41, 5.74) is 1.70. The summed E-state index contributed by atoms with van der Waals surface area (Å²) < 4.78 is 35.9. The van der Waals surface area contributed by atoms with E-state index >= 15 is 0 Å². The number of benzene rings is 1. The van der Waals surface area contributed by atoms with Gasteiger partial charge in [0, 0.05) is 18.8 Å². The van der Waals surface area contributed by atoms with Gasteiger partial charge >= 0.3 is 6.18 Å². The molecule has 0 spiro atoms. The molecule has 0 aromatic heterocycles. The molecule has 98 valence electrons. The van der Waals surface area contributed by atoms with Gasteiger partial charge in [0.15, 0.2) is 0 Å². The first-order valence-electron chi connectivity index (χ1n) is 5.64. The fourth-order valence-electron chi connectivity index (χ4n) is 1.97. The highest BCUT2D eigenvalue weighted by Crippen LogP contribution is 2.31. The maximum Gasteiger partial charge on any atom is 0.390 e. The second-order valence-corrected chi connectivity index (χ2v) is 4.18. The van der Waals surface area contributed by atoms with Crippen LogP contribution < -0.4 is 10.6 Å². The van der Waals surface area contributed by atoms with Gasteiger partial charge in [-0.1, -0.05) is 18.2 Å². The number of carbonyl (C=O) groups excluding carboxylic acids is 1. The summed E-state index contributed by atoms with van der Waals surface area (Å²) in [5, 5.41) is 5.38. The van der Waals surface area contributed by atoms with Crippen LogP contribution in [0.1, 0.15) is 17.9 Å². The molecule has 0 aliphatic carbocycles. The molecular weight excluding hydrogens is 245 g/mol. The fourth-order valence-corrected chi connectivity index (χ4v) is 1.97. The van der Waals surface area contributed by atoms with Crippen LogP contribution >= 0.6 is 0 Å². The second kappa shape index (κ2) is 4.88. The number of fused-ring (bicyclic) bond motifs is 1. The lowest BCUT2D eigenvalue weighted by molar-refractivity contribution is -0.135. The number of halogens is 3. The monoisotopic (exact) mass is 258 g/mol. The maximum atomic E-state index is 12.0. The third kappa shape index (κ3) is 2.94. The van der Waals surface area contributed by atoms with Crippen LogP contribution in [0.5, 0.6) is 0 Å². The smallest absolute Gasteiger partial charge is 0.384 e. The molecular formula is C12H13F3N2O. The van der Waals surface area contributed by atoms with Gasteiger partial charge in [-0.05, 0) is 11.6 Å². The Kier molecular flexibility index (Phi) is 3.45. The Morgan fingerprint density at radius 3 is 2.83 bits per heavy atom. The predicted molar refractivity (Wildman–Crippen MR) is 61.4 cm³/mol. The van der Waals surface area contributed by atoms with Crippen molar-refractivity contribution in [3.8, 4) is 0 Å². The zero-order valence-corrected chi connectivity index (χ0v) is 9.55. The van der Waals surface area contributed by atoms with Crippen LogP contribution in [0.2, 0.25) is 0 Å². The highest BCUT2D eigenvalue weighted by Gasteiger charge is 2.30. The molecule has 2 N–H and O–H groups in total. The Morgan fingerprint density at radius 2 is 2.11 bits per heavy atom. The molecule has 18 heavy (non-hydrogen) atoms. The summed E-state index contributed by atoms with van der Waals surface area (Å²) in [6.07, 6.45) is -5.24. The fraction of sp³-hybridized carbons (Fsp3) is 0.417. The van der Waals surface area contributed by atoms with E-state index in [0.717, 1.165) is 11.3 Å². The van der Waals surface area contributed by atoms with Gasteiger partial charge in [0.2, 0.25) is 5.91 Å². The molecule has 3 nitrogen and oxygen atoms in total. The standard InChI is InChI=1S/C12H13F3N2O/c13-12(14,15)5-6-16-11(18)9-7-17-10-4-2-1-3-8(9)10/h1-4,9,17H,5-7H2,(H,16,18). The molecule has 6 heteroatoms. The van der Waals surface area contributed by atoms with Crippen molar-refractivity contribution in [2.24, 2.45) is 0 Å². The quantitative estimate of drug-likeness (QED) is 0.873. The molecule has 1 unspecified atom stereocenters. The Bertz CT molecular complexity index is 445. The number of amides is 1. The molecule has 1 aromatic rings. The summed E-state index contributed by atoms with van der Waals surface area (Å²) in [7, 11) is 0. The number of anilines is 1. The van der Waals surface area contributed by atoms with Crippen molar-refractivity contribution in [3.05, 3.63) is 29.8 Å². The molecule has 2 rings (SSSR count). The predicted octanol–water partition coefficient (Wildman–Crippen LogP) is 2.26. The Hall–Kier alpha value is -1.72. The lowest BCUT2D eigenvalue weighted by Gasteiger charge is -2.12. The van der Waals surface area contributed by atoms with E-state index in [1.54, 1.807) is 0 Å². The average Bonchev–Trinajstić information content (AvgIpc) is 2.70. The second-order valence-electron chi connectivity index (χ2n) is 4.18. The lowest BCUT2D eigenvalue weighted by Crippen LogP contribution is -2.33. The SMILES string of the molecule is O=C(NCCC(F)(F)F)C1CNc2ccccc21. The van der Waals surface area contributed by atoms with Crippen molar-refractivity contribution in [1.82, 2.24) is 5.32 Å². The van der Waals surface area contributed by atoms with E-state index in [1.807, 2.05) is 24.3 Å². The van der Waals surface area contributed by atoms with Gasteiger partial charge in [-0.15, -0.1) is 0 Å². The number of para-hydroxylation sites is 1. The van der Waals surface area contributed by atoms with Crippen molar-refractivity contribution in [2.75, 3.05) is 18.4 Å². The van der Waals surface area contributed by atoms with Gasteiger partial charge in [0.05, 0.1) is 12.3 Å². The average molecular weight is 258 g/mol. The molecule has 1 aliphatic heterocycles. The number of nitrogens with one attached hydrogen (secondary N) is 2. The van der Waals surface area contributed by atoms with E-state index in [1.165, 1.54) is 0 Å². The zero-order chi connectivity index (χ0) is 13.2. The van der Waals surface area contributed by atoms with Crippen molar-refractivity contribution >= 4 is 11.6 Å². The first-order valence-corrected chi connectivity index (χ1v) is 5.64. The van der Waals surface area contributed by atoms with Crippen molar-refractivity contribution in [3.63, 3.8) is 0 Å². The summed E-state index contributed by atoms with van der Waals surface area (Å²) in [5.74, 6) is -0.772. The minimum atomic E-state index is -4.24. The summed E-state index contributed by atoms with van der Waals surface area (Å²) in [4.78, 5) is 11.8. The van der Waals surface area contributed by atoms with Gasteiger partial charge in [0.25, 0.3) is 0 Å². The first kappa shape index (κ1) is 12.7. The molecule has 1 aliphatic rings. The number of carbonyl (C=O) groups is 1. The number of hydrogen-bond donors (Lipinski definition) is 2. The molecule has 1 amide bonds. The van der Waals surface area contributed by atoms with Crippen molar-refractivity contribution in [1.29, 1.82) is 0 Å². The van der Waals surface area contributed by atoms with E-state index in [0.29, 0.717) is 6.54 Å². The van der Waals surface area contributed by atoms with Crippen molar-refractivity contribution in [2.45, 2.75) is 18.5 Å². The molecule has 0 saturated heterocycles. The van der Waals surface area contributed by atoms with Crippen LogP contribution in [0.15, 0.2) is 24.3 Å². The van der Waals surface area contributed by atoms with Crippen LogP contribution in [0, 0.1) is 0 Å². The van der Waals surface area contributed by atoms with Crippen LogP contribution in [-0.2, 0) is 4.79 Å². The molecule has 0 radical (unpaired) electrons. The third-order valence-corrected chi connectivity index (χ3v) is 2.86.